The van der Waals surface area contributed by atoms with Crippen LogP contribution in [0.5, 0.6) is 0 Å². The van der Waals surface area contributed by atoms with Crippen LogP contribution < -0.4 is 5.32 Å². The number of nitrogens with one attached hydrogen (secondary N) is 1. The molecule has 0 radical (unpaired) electrons. The highest BCUT2D eigenvalue weighted by molar-refractivity contribution is 7.13. The quantitative estimate of drug-likeness (QED) is 0.788. The van der Waals surface area contributed by atoms with Gasteiger partial charge in [-0.25, -0.2) is 9.67 Å². The molecule has 0 aliphatic heterocycles. The van der Waals surface area contributed by atoms with Crippen molar-refractivity contribution in [2.24, 2.45) is 0 Å². The van der Waals surface area contributed by atoms with E-state index in [-0.39, 0.29) is 5.91 Å². The molecule has 0 bridgehead atoms. The molecule has 0 unspecified atom stereocenters. The second-order valence-electron chi connectivity index (χ2n) is 4.77. The SMILES string of the molecule is CCc1ncc(C(=O)NCc2ccc(-n3cccn3)cc2)s1. The second-order valence-corrected chi connectivity index (χ2v) is 5.89. The van der Waals surface area contributed by atoms with E-state index in [9.17, 15) is 4.79 Å². The molecular formula is C16H16N4OS. The number of carbonyl (C=O) groups excluding carboxylic acids is 1. The molecule has 1 amide bonds. The summed E-state index contributed by atoms with van der Waals surface area (Å²) >= 11 is 1.44. The van der Waals surface area contributed by atoms with Crippen molar-refractivity contribution < 1.29 is 4.79 Å². The molecule has 2 aromatic heterocycles. The number of hydrogen-bond acceptors (Lipinski definition) is 4. The summed E-state index contributed by atoms with van der Waals surface area (Å²) in [7, 11) is 0. The molecule has 22 heavy (non-hydrogen) atoms. The van der Waals surface area contributed by atoms with Crippen LogP contribution in [-0.4, -0.2) is 20.7 Å². The van der Waals surface area contributed by atoms with Gasteiger partial charge in [0, 0.05) is 18.9 Å². The van der Waals surface area contributed by atoms with Crippen molar-refractivity contribution in [1.82, 2.24) is 20.1 Å². The molecule has 3 rings (SSSR count). The number of carbonyl (C=O) groups is 1. The van der Waals surface area contributed by atoms with Gasteiger partial charge in [-0.15, -0.1) is 11.3 Å². The van der Waals surface area contributed by atoms with Crippen LogP contribution in [-0.2, 0) is 13.0 Å². The van der Waals surface area contributed by atoms with Crippen LogP contribution in [0, 0.1) is 0 Å². The molecule has 2 heterocycles. The average molecular weight is 312 g/mol. The van der Waals surface area contributed by atoms with Gasteiger partial charge in [0.05, 0.1) is 16.9 Å². The maximum Gasteiger partial charge on any atom is 0.263 e. The molecular weight excluding hydrogens is 296 g/mol. The normalized spacial score (nSPS) is 10.6. The molecule has 0 aliphatic rings. The highest BCUT2D eigenvalue weighted by atomic mass is 32.1. The summed E-state index contributed by atoms with van der Waals surface area (Å²) in [5.74, 6) is -0.0756. The first kappa shape index (κ1) is 14.5. The van der Waals surface area contributed by atoms with Crippen molar-refractivity contribution >= 4 is 17.2 Å². The Morgan fingerprint density at radius 3 is 2.77 bits per heavy atom. The van der Waals surface area contributed by atoms with Gasteiger partial charge in [-0.1, -0.05) is 19.1 Å². The first-order chi connectivity index (χ1) is 10.8. The van der Waals surface area contributed by atoms with E-state index in [4.69, 9.17) is 0 Å². The van der Waals surface area contributed by atoms with E-state index in [1.807, 2.05) is 43.5 Å². The molecule has 0 aliphatic carbocycles. The Hall–Kier alpha value is -2.47. The Balaban J connectivity index is 1.60. The minimum absolute atomic E-state index is 0.0756. The fourth-order valence-electron chi connectivity index (χ4n) is 2.04. The van der Waals surface area contributed by atoms with Gasteiger partial charge >= 0.3 is 0 Å². The van der Waals surface area contributed by atoms with E-state index in [0.717, 1.165) is 22.7 Å². The number of aryl methyl sites for hydroxylation is 1. The zero-order valence-electron chi connectivity index (χ0n) is 12.2. The Kier molecular flexibility index (Phi) is 4.29. The lowest BCUT2D eigenvalue weighted by Gasteiger charge is -2.05. The van der Waals surface area contributed by atoms with E-state index in [1.54, 1.807) is 17.1 Å². The average Bonchev–Trinajstić information content (AvgIpc) is 3.24. The van der Waals surface area contributed by atoms with E-state index in [2.05, 4.69) is 15.4 Å². The van der Waals surface area contributed by atoms with Crippen molar-refractivity contribution in [3.05, 3.63) is 64.4 Å². The number of hydrogen-bond donors (Lipinski definition) is 1. The Bertz CT molecular complexity index is 747. The summed E-state index contributed by atoms with van der Waals surface area (Å²) in [4.78, 5) is 16.9. The Morgan fingerprint density at radius 1 is 1.32 bits per heavy atom. The maximum absolute atomic E-state index is 12.0. The molecule has 0 spiro atoms. The summed E-state index contributed by atoms with van der Waals surface area (Å²) in [6, 6.07) is 9.82. The molecule has 5 nitrogen and oxygen atoms in total. The van der Waals surface area contributed by atoms with Crippen LogP contribution in [0.4, 0.5) is 0 Å². The Morgan fingerprint density at radius 2 is 2.14 bits per heavy atom. The van der Waals surface area contributed by atoms with Crippen molar-refractivity contribution in [3.63, 3.8) is 0 Å². The van der Waals surface area contributed by atoms with Crippen LogP contribution in [0.2, 0.25) is 0 Å². The summed E-state index contributed by atoms with van der Waals surface area (Å²) in [6.07, 6.45) is 6.13. The first-order valence-electron chi connectivity index (χ1n) is 7.08. The summed E-state index contributed by atoms with van der Waals surface area (Å²) in [5, 5.41) is 8.08. The topological polar surface area (TPSA) is 59.8 Å². The van der Waals surface area contributed by atoms with Gasteiger partial charge in [0.1, 0.15) is 4.88 Å². The first-order valence-corrected chi connectivity index (χ1v) is 7.90. The number of rotatable bonds is 5. The van der Waals surface area contributed by atoms with Crippen molar-refractivity contribution in [2.75, 3.05) is 0 Å². The van der Waals surface area contributed by atoms with E-state index in [0.29, 0.717) is 11.4 Å². The molecule has 0 atom stereocenters. The van der Waals surface area contributed by atoms with E-state index in [1.165, 1.54) is 11.3 Å². The van der Waals surface area contributed by atoms with E-state index < -0.39 is 0 Å². The predicted molar refractivity (Wildman–Crippen MR) is 86.2 cm³/mol. The number of nitrogens with zero attached hydrogens (tertiary/aromatic N) is 3. The third-order valence-electron chi connectivity index (χ3n) is 3.24. The number of thiazole rings is 1. The minimum atomic E-state index is -0.0756. The van der Waals surface area contributed by atoms with Gasteiger partial charge in [-0.3, -0.25) is 4.79 Å². The summed E-state index contributed by atoms with van der Waals surface area (Å²) in [6.45, 7) is 2.53. The van der Waals surface area contributed by atoms with Crippen LogP contribution in [0.25, 0.3) is 5.69 Å². The fourth-order valence-corrected chi connectivity index (χ4v) is 2.81. The molecule has 1 aromatic carbocycles. The zero-order valence-corrected chi connectivity index (χ0v) is 13.0. The number of aromatic nitrogens is 3. The Labute approximate surface area is 132 Å². The predicted octanol–water partition coefficient (Wildman–Crippen LogP) is 2.82. The third-order valence-corrected chi connectivity index (χ3v) is 4.38. The largest absolute Gasteiger partial charge is 0.347 e. The standard InChI is InChI=1S/C16H16N4OS/c1-2-15-17-11-14(22-15)16(21)18-10-12-4-6-13(7-5-12)20-9-3-8-19-20/h3-9,11H,2,10H2,1H3,(H,18,21). The molecule has 1 N–H and O–H groups in total. The monoisotopic (exact) mass is 312 g/mol. The summed E-state index contributed by atoms with van der Waals surface area (Å²) in [5.41, 5.74) is 2.04. The third kappa shape index (κ3) is 3.23. The van der Waals surface area contributed by atoms with Gasteiger partial charge < -0.3 is 5.32 Å². The number of benzene rings is 1. The highest BCUT2D eigenvalue weighted by Crippen LogP contribution is 2.13. The molecule has 3 aromatic rings. The van der Waals surface area contributed by atoms with Crippen LogP contribution in [0.15, 0.2) is 48.9 Å². The van der Waals surface area contributed by atoms with Gasteiger partial charge in [0.2, 0.25) is 0 Å². The molecule has 6 heteroatoms. The van der Waals surface area contributed by atoms with Gasteiger partial charge in [0.15, 0.2) is 0 Å². The highest BCUT2D eigenvalue weighted by Gasteiger charge is 2.09. The lowest BCUT2D eigenvalue weighted by Crippen LogP contribution is -2.21. The van der Waals surface area contributed by atoms with Crippen molar-refractivity contribution in [1.29, 1.82) is 0 Å². The lowest BCUT2D eigenvalue weighted by molar-refractivity contribution is 0.0955. The van der Waals surface area contributed by atoms with Gasteiger partial charge in [-0.05, 0) is 30.2 Å². The fraction of sp³-hybridized carbons (Fsp3) is 0.188. The van der Waals surface area contributed by atoms with Crippen molar-refractivity contribution in [2.45, 2.75) is 19.9 Å². The van der Waals surface area contributed by atoms with Crippen molar-refractivity contribution in [3.8, 4) is 5.69 Å². The smallest absolute Gasteiger partial charge is 0.263 e. The van der Waals surface area contributed by atoms with Crippen LogP contribution in [0.3, 0.4) is 0 Å². The molecule has 0 fully saturated rings. The van der Waals surface area contributed by atoms with Crippen LogP contribution in [0.1, 0.15) is 27.2 Å². The number of amides is 1. The zero-order chi connectivity index (χ0) is 15.4. The molecule has 0 saturated carbocycles. The minimum Gasteiger partial charge on any atom is -0.347 e. The van der Waals surface area contributed by atoms with Gasteiger partial charge in [-0.2, -0.15) is 5.10 Å². The maximum atomic E-state index is 12.0. The lowest BCUT2D eigenvalue weighted by atomic mass is 10.2. The summed E-state index contributed by atoms with van der Waals surface area (Å²) < 4.78 is 1.80. The second kappa shape index (κ2) is 6.53. The molecule has 112 valence electrons. The van der Waals surface area contributed by atoms with Gasteiger partial charge in [0.25, 0.3) is 5.91 Å². The molecule has 0 saturated heterocycles. The van der Waals surface area contributed by atoms with E-state index >= 15 is 0 Å². The van der Waals surface area contributed by atoms with Crippen LogP contribution >= 0.6 is 11.3 Å².